The first kappa shape index (κ1) is 15.2. The first-order valence-electron chi connectivity index (χ1n) is 7.33. The van der Waals surface area contributed by atoms with E-state index in [-0.39, 0.29) is 5.92 Å². The Morgan fingerprint density at radius 1 is 1.43 bits per heavy atom. The van der Waals surface area contributed by atoms with Crippen LogP contribution < -0.4 is 4.90 Å². The van der Waals surface area contributed by atoms with E-state index in [2.05, 4.69) is 16.3 Å². The average molecular weight is 288 g/mol. The number of aliphatic carboxylic acids is 1. The Hall–Kier alpha value is -2.16. The minimum atomic E-state index is -0.872. The molecule has 0 aromatic carbocycles. The van der Waals surface area contributed by atoms with Gasteiger partial charge in [-0.25, -0.2) is 4.79 Å². The Morgan fingerprint density at radius 2 is 2.14 bits per heavy atom. The van der Waals surface area contributed by atoms with Gasteiger partial charge in [0.05, 0.1) is 5.69 Å². The maximum atomic E-state index is 11.5. The van der Waals surface area contributed by atoms with Crippen molar-refractivity contribution in [2.24, 2.45) is 5.92 Å². The Bertz CT molecular complexity index is 594. The van der Waals surface area contributed by atoms with Crippen molar-refractivity contribution in [3.05, 3.63) is 16.8 Å². The zero-order valence-electron chi connectivity index (χ0n) is 12.6. The van der Waals surface area contributed by atoms with E-state index in [9.17, 15) is 15.2 Å². The number of nitriles is 1. The molecule has 0 amide bonds. The summed E-state index contributed by atoms with van der Waals surface area (Å²) in [5.74, 6) is -0.418. The van der Waals surface area contributed by atoms with Crippen LogP contribution in [0.2, 0.25) is 0 Å². The molecule has 1 aromatic rings. The summed E-state index contributed by atoms with van der Waals surface area (Å²) < 4.78 is 0. The van der Waals surface area contributed by atoms with E-state index < -0.39 is 12.0 Å². The Morgan fingerprint density at radius 3 is 2.67 bits per heavy atom. The fourth-order valence-corrected chi connectivity index (χ4v) is 3.04. The van der Waals surface area contributed by atoms with E-state index in [1.54, 1.807) is 4.90 Å². The van der Waals surface area contributed by atoms with Crippen LogP contribution in [0.1, 0.15) is 44.0 Å². The van der Waals surface area contributed by atoms with Gasteiger partial charge in [0.1, 0.15) is 17.7 Å². The van der Waals surface area contributed by atoms with Gasteiger partial charge < -0.3 is 10.0 Å². The van der Waals surface area contributed by atoms with Crippen LogP contribution in [0.25, 0.3) is 0 Å². The quantitative estimate of drug-likeness (QED) is 0.908. The molecule has 21 heavy (non-hydrogen) atoms. The van der Waals surface area contributed by atoms with Crippen LogP contribution in [-0.2, 0) is 17.6 Å². The van der Waals surface area contributed by atoms with Crippen LogP contribution in [0.5, 0.6) is 0 Å². The maximum absolute atomic E-state index is 11.5. The predicted molar refractivity (Wildman–Crippen MR) is 78.1 cm³/mol. The Balaban J connectivity index is 2.54. The molecule has 1 aliphatic heterocycles. The van der Waals surface area contributed by atoms with E-state index in [0.29, 0.717) is 30.8 Å². The molecule has 1 saturated heterocycles. The van der Waals surface area contributed by atoms with Gasteiger partial charge >= 0.3 is 5.97 Å². The standard InChI is InChI=1S/C15H20N4O2/c1-4-10-11(8-16)14(18-17-12(10)5-2)19-7-6-9(3)13(19)15(20)21/h9,13H,4-7H2,1-3H3,(H,20,21). The number of rotatable bonds is 4. The van der Waals surface area contributed by atoms with E-state index in [0.717, 1.165) is 17.7 Å². The second-order valence-electron chi connectivity index (χ2n) is 5.39. The Kier molecular flexibility index (Phi) is 4.41. The van der Waals surface area contributed by atoms with Gasteiger partial charge in [0.25, 0.3) is 0 Å². The molecule has 0 spiro atoms. The first-order valence-corrected chi connectivity index (χ1v) is 7.33. The summed E-state index contributed by atoms with van der Waals surface area (Å²) in [6, 6.07) is 1.57. The topological polar surface area (TPSA) is 90.1 Å². The normalized spacial score (nSPS) is 21.3. The van der Waals surface area contributed by atoms with Crippen molar-refractivity contribution in [2.45, 2.75) is 46.1 Å². The molecule has 0 radical (unpaired) electrons. The van der Waals surface area contributed by atoms with Crippen molar-refractivity contribution in [3.63, 3.8) is 0 Å². The van der Waals surface area contributed by atoms with E-state index in [1.165, 1.54) is 0 Å². The lowest BCUT2D eigenvalue weighted by atomic mass is 10.0. The summed E-state index contributed by atoms with van der Waals surface area (Å²) >= 11 is 0. The molecule has 1 aliphatic rings. The van der Waals surface area contributed by atoms with Gasteiger partial charge in [0.2, 0.25) is 0 Å². The third-order valence-electron chi connectivity index (χ3n) is 4.16. The molecule has 2 unspecified atom stereocenters. The summed E-state index contributed by atoms with van der Waals surface area (Å²) in [6.45, 7) is 6.46. The molecule has 6 heteroatoms. The van der Waals surface area contributed by atoms with Gasteiger partial charge in [0, 0.05) is 6.54 Å². The summed E-state index contributed by atoms with van der Waals surface area (Å²) in [5, 5.41) is 27.3. The smallest absolute Gasteiger partial charge is 0.326 e. The van der Waals surface area contributed by atoms with Crippen LogP contribution >= 0.6 is 0 Å². The number of aryl methyl sites for hydroxylation is 1. The summed E-state index contributed by atoms with van der Waals surface area (Å²) in [4.78, 5) is 13.2. The third kappa shape index (κ3) is 2.56. The number of carboxylic acid groups (broad SMARTS) is 1. The highest BCUT2D eigenvalue weighted by molar-refractivity contribution is 5.80. The maximum Gasteiger partial charge on any atom is 0.326 e. The highest BCUT2D eigenvalue weighted by atomic mass is 16.4. The monoisotopic (exact) mass is 288 g/mol. The van der Waals surface area contributed by atoms with Crippen LogP contribution in [0.15, 0.2) is 0 Å². The minimum absolute atomic E-state index is 0.0340. The highest BCUT2D eigenvalue weighted by Gasteiger charge is 2.39. The molecule has 2 rings (SSSR count). The molecule has 112 valence electrons. The fraction of sp³-hybridized carbons (Fsp3) is 0.600. The highest BCUT2D eigenvalue weighted by Crippen LogP contribution is 2.32. The van der Waals surface area contributed by atoms with Crippen LogP contribution in [0, 0.1) is 17.2 Å². The summed E-state index contributed by atoms with van der Waals surface area (Å²) in [5.41, 5.74) is 2.18. The predicted octanol–water partition coefficient (Wildman–Crippen LogP) is 1.77. The lowest BCUT2D eigenvalue weighted by molar-refractivity contribution is -0.139. The summed E-state index contributed by atoms with van der Waals surface area (Å²) in [6.07, 6.45) is 2.18. The van der Waals surface area contributed by atoms with Gasteiger partial charge in [-0.1, -0.05) is 20.8 Å². The number of hydrogen-bond acceptors (Lipinski definition) is 5. The van der Waals surface area contributed by atoms with Crippen molar-refractivity contribution in [2.75, 3.05) is 11.4 Å². The molecule has 2 atom stereocenters. The summed E-state index contributed by atoms with van der Waals surface area (Å²) in [7, 11) is 0. The SMILES string of the molecule is CCc1nnc(N2CCC(C)C2C(=O)O)c(C#N)c1CC. The van der Waals surface area contributed by atoms with E-state index >= 15 is 0 Å². The lowest BCUT2D eigenvalue weighted by Crippen LogP contribution is -2.40. The number of nitrogens with zero attached hydrogens (tertiary/aromatic N) is 4. The number of carbonyl (C=O) groups is 1. The van der Waals surface area contributed by atoms with Crippen LogP contribution in [0.3, 0.4) is 0 Å². The second-order valence-corrected chi connectivity index (χ2v) is 5.39. The molecule has 2 heterocycles. The van der Waals surface area contributed by atoms with Crippen LogP contribution in [-0.4, -0.2) is 33.9 Å². The number of carboxylic acids is 1. The second kappa shape index (κ2) is 6.08. The fourth-order valence-electron chi connectivity index (χ4n) is 3.04. The molecule has 6 nitrogen and oxygen atoms in total. The van der Waals surface area contributed by atoms with E-state index in [1.807, 2.05) is 20.8 Å². The Labute approximate surface area is 124 Å². The molecule has 0 bridgehead atoms. The van der Waals surface area contributed by atoms with Gasteiger partial charge in [0.15, 0.2) is 5.82 Å². The molecule has 0 aliphatic carbocycles. The van der Waals surface area contributed by atoms with Crippen molar-refractivity contribution in [3.8, 4) is 6.07 Å². The molecular weight excluding hydrogens is 268 g/mol. The van der Waals surface area contributed by atoms with Crippen molar-refractivity contribution >= 4 is 11.8 Å². The first-order chi connectivity index (χ1) is 10.0. The molecule has 1 N–H and O–H groups in total. The number of aromatic nitrogens is 2. The molecule has 1 aromatic heterocycles. The zero-order valence-corrected chi connectivity index (χ0v) is 12.6. The van der Waals surface area contributed by atoms with Gasteiger partial charge in [-0.2, -0.15) is 10.4 Å². The zero-order chi connectivity index (χ0) is 15.6. The van der Waals surface area contributed by atoms with Gasteiger partial charge in [-0.3, -0.25) is 0 Å². The van der Waals surface area contributed by atoms with Crippen molar-refractivity contribution < 1.29 is 9.90 Å². The van der Waals surface area contributed by atoms with Gasteiger partial charge in [-0.15, -0.1) is 5.10 Å². The van der Waals surface area contributed by atoms with Crippen LogP contribution in [0.4, 0.5) is 5.82 Å². The molecule has 1 fully saturated rings. The number of anilines is 1. The third-order valence-corrected chi connectivity index (χ3v) is 4.16. The largest absolute Gasteiger partial charge is 0.480 e. The molecular formula is C15H20N4O2. The molecule has 0 saturated carbocycles. The van der Waals surface area contributed by atoms with Crippen molar-refractivity contribution in [1.29, 1.82) is 5.26 Å². The minimum Gasteiger partial charge on any atom is -0.480 e. The number of hydrogen-bond donors (Lipinski definition) is 1. The van der Waals surface area contributed by atoms with E-state index in [4.69, 9.17) is 0 Å². The average Bonchev–Trinajstić information content (AvgIpc) is 2.87. The van der Waals surface area contributed by atoms with Gasteiger partial charge in [-0.05, 0) is 30.7 Å². The van der Waals surface area contributed by atoms with Crippen molar-refractivity contribution in [1.82, 2.24) is 10.2 Å². The lowest BCUT2D eigenvalue weighted by Gasteiger charge is -2.25.